The highest BCUT2D eigenvalue weighted by molar-refractivity contribution is 5.83. The lowest BCUT2D eigenvalue weighted by atomic mass is 9.95. The second kappa shape index (κ2) is 7.36. The van der Waals surface area contributed by atoms with E-state index in [1.807, 2.05) is 13.8 Å². The van der Waals surface area contributed by atoms with Crippen LogP contribution in [-0.4, -0.2) is 36.1 Å². The van der Waals surface area contributed by atoms with Gasteiger partial charge in [0.2, 0.25) is 5.91 Å². The summed E-state index contributed by atoms with van der Waals surface area (Å²) in [6.07, 6.45) is 3.04. The molecule has 0 bridgehead atoms. The molecular formula is C13H24N2O3. The van der Waals surface area contributed by atoms with E-state index >= 15 is 0 Å². The Morgan fingerprint density at radius 3 is 2.67 bits per heavy atom. The van der Waals surface area contributed by atoms with Crippen LogP contribution in [0.3, 0.4) is 0 Å². The lowest BCUT2D eigenvalue weighted by molar-refractivity contribution is -0.142. The quantitative estimate of drug-likeness (QED) is 0.662. The Bertz CT molecular complexity index is 286. The lowest BCUT2D eigenvalue weighted by Gasteiger charge is -2.23. The number of amides is 1. The third kappa shape index (κ3) is 5.49. The molecule has 5 nitrogen and oxygen atoms in total. The first kappa shape index (κ1) is 15.0. The molecular weight excluding hydrogens is 232 g/mol. The molecule has 0 radical (unpaired) electrons. The summed E-state index contributed by atoms with van der Waals surface area (Å²) in [7, 11) is 0. The summed E-state index contributed by atoms with van der Waals surface area (Å²) < 4.78 is 0. The summed E-state index contributed by atoms with van der Waals surface area (Å²) in [5, 5.41) is 14.9. The van der Waals surface area contributed by atoms with E-state index in [1.165, 1.54) is 0 Å². The third-order valence-electron chi connectivity index (χ3n) is 3.21. The number of aliphatic carboxylic acids is 1. The van der Waals surface area contributed by atoms with Gasteiger partial charge in [0.15, 0.2) is 0 Å². The zero-order valence-electron chi connectivity index (χ0n) is 11.2. The van der Waals surface area contributed by atoms with Gasteiger partial charge in [-0.1, -0.05) is 13.8 Å². The summed E-state index contributed by atoms with van der Waals surface area (Å²) in [6.45, 7) is 5.78. The van der Waals surface area contributed by atoms with E-state index in [-0.39, 0.29) is 11.8 Å². The van der Waals surface area contributed by atoms with Crippen molar-refractivity contribution >= 4 is 11.9 Å². The molecule has 1 heterocycles. The number of rotatable bonds is 6. The van der Waals surface area contributed by atoms with Crippen molar-refractivity contribution in [2.75, 3.05) is 13.1 Å². The summed E-state index contributed by atoms with van der Waals surface area (Å²) in [6, 6.07) is -0.756. The predicted octanol–water partition coefficient (Wildman–Crippen LogP) is 0.992. The molecule has 2 atom stereocenters. The van der Waals surface area contributed by atoms with E-state index in [1.54, 1.807) is 0 Å². The van der Waals surface area contributed by atoms with E-state index in [0.29, 0.717) is 18.8 Å². The van der Waals surface area contributed by atoms with Crippen molar-refractivity contribution in [1.29, 1.82) is 0 Å². The molecule has 5 heteroatoms. The molecule has 0 spiro atoms. The Kier molecular flexibility index (Phi) is 6.12. The van der Waals surface area contributed by atoms with Gasteiger partial charge in [0.05, 0.1) is 0 Å². The van der Waals surface area contributed by atoms with Crippen molar-refractivity contribution in [3.63, 3.8) is 0 Å². The van der Waals surface area contributed by atoms with Gasteiger partial charge in [-0.25, -0.2) is 4.79 Å². The fraction of sp³-hybridized carbons (Fsp3) is 0.846. The Balaban J connectivity index is 2.37. The molecule has 0 saturated carbocycles. The van der Waals surface area contributed by atoms with Gasteiger partial charge in [-0.3, -0.25) is 4.79 Å². The Morgan fingerprint density at radius 2 is 2.17 bits per heavy atom. The largest absolute Gasteiger partial charge is 0.480 e. The van der Waals surface area contributed by atoms with Crippen molar-refractivity contribution in [3.05, 3.63) is 0 Å². The van der Waals surface area contributed by atoms with Crippen LogP contribution in [-0.2, 0) is 9.59 Å². The molecule has 1 amide bonds. The maximum Gasteiger partial charge on any atom is 0.326 e. The van der Waals surface area contributed by atoms with Crippen LogP contribution < -0.4 is 10.6 Å². The van der Waals surface area contributed by atoms with Gasteiger partial charge < -0.3 is 15.7 Å². The SMILES string of the molecule is CC(C)C[C@H](NC(=O)CC1CCCNC1)C(=O)O. The molecule has 18 heavy (non-hydrogen) atoms. The van der Waals surface area contributed by atoms with Gasteiger partial charge in [-0.2, -0.15) is 0 Å². The van der Waals surface area contributed by atoms with Crippen molar-refractivity contribution in [1.82, 2.24) is 10.6 Å². The number of carboxylic acids is 1. The average molecular weight is 256 g/mol. The van der Waals surface area contributed by atoms with Crippen molar-refractivity contribution in [3.8, 4) is 0 Å². The van der Waals surface area contributed by atoms with E-state index < -0.39 is 12.0 Å². The van der Waals surface area contributed by atoms with Gasteiger partial charge in [0.25, 0.3) is 0 Å². The van der Waals surface area contributed by atoms with Crippen molar-refractivity contribution in [2.24, 2.45) is 11.8 Å². The van der Waals surface area contributed by atoms with E-state index in [9.17, 15) is 9.59 Å². The van der Waals surface area contributed by atoms with Crippen LogP contribution in [0.2, 0.25) is 0 Å². The zero-order valence-corrected chi connectivity index (χ0v) is 11.2. The molecule has 3 N–H and O–H groups in total. The number of carboxylic acid groups (broad SMARTS) is 1. The van der Waals surface area contributed by atoms with Crippen LogP contribution in [0.25, 0.3) is 0 Å². The molecule has 1 saturated heterocycles. The van der Waals surface area contributed by atoms with Crippen LogP contribution in [0.15, 0.2) is 0 Å². The van der Waals surface area contributed by atoms with Crippen LogP contribution in [0.4, 0.5) is 0 Å². The first-order valence-electron chi connectivity index (χ1n) is 6.72. The highest BCUT2D eigenvalue weighted by atomic mass is 16.4. The summed E-state index contributed by atoms with van der Waals surface area (Å²) in [4.78, 5) is 22.8. The van der Waals surface area contributed by atoms with E-state index in [0.717, 1.165) is 25.9 Å². The summed E-state index contributed by atoms with van der Waals surface area (Å²) in [5.41, 5.74) is 0. The number of carbonyl (C=O) groups excluding carboxylic acids is 1. The highest BCUT2D eigenvalue weighted by Crippen LogP contribution is 2.14. The van der Waals surface area contributed by atoms with Crippen molar-refractivity contribution in [2.45, 2.75) is 45.6 Å². The Morgan fingerprint density at radius 1 is 1.44 bits per heavy atom. The second-order valence-corrected chi connectivity index (χ2v) is 5.50. The van der Waals surface area contributed by atoms with Gasteiger partial charge in [-0.15, -0.1) is 0 Å². The topological polar surface area (TPSA) is 78.4 Å². The van der Waals surface area contributed by atoms with Crippen LogP contribution in [0, 0.1) is 11.8 Å². The second-order valence-electron chi connectivity index (χ2n) is 5.50. The first-order valence-corrected chi connectivity index (χ1v) is 6.72. The van der Waals surface area contributed by atoms with E-state index in [2.05, 4.69) is 10.6 Å². The fourth-order valence-electron chi connectivity index (χ4n) is 2.31. The number of hydrogen-bond donors (Lipinski definition) is 3. The first-order chi connectivity index (χ1) is 8.49. The number of hydrogen-bond acceptors (Lipinski definition) is 3. The molecule has 1 aliphatic heterocycles. The maximum absolute atomic E-state index is 11.8. The molecule has 1 rings (SSSR count). The van der Waals surface area contributed by atoms with Crippen LogP contribution >= 0.6 is 0 Å². The van der Waals surface area contributed by atoms with Gasteiger partial charge >= 0.3 is 5.97 Å². The predicted molar refractivity (Wildman–Crippen MR) is 69.2 cm³/mol. The standard InChI is InChI=1S/C13H24N2O3/c1-9(2)6-11(13(17)18)15-12(16)7-10-4-3-5-14-8-10/h9-11,14H,3-8H2,1-2H3,(H,15,16)(H,17,18)/t10?,11-/m0/s1. The molecule has 1 unspecified atom stereocenters. The fourth-order valence-corrected chi connectivity index (χ4v) is 2.31. The van der Waals surface area contributed by atoms with E-state index in [4.69, 9.17) is 5.11 Å². The van der Waals surface area contributed by atoms with Crippen molar-refractivity contribution < 1.29 is 14.7 Å². The molecule has 1 aliphatic rings. The number of piperidine rings is 1. The normalized spacial score (nSPS) is 21.6. The van der Waals surface area contributed by atoms with Gasteiger partial charge in [0.1, 0.15) is 6.04 Å². The summed E-state index contributed by atoms with van der Waals surface area (Å²) >= 11 is 0. The highest BCUT2D eigenvalue weighted by Gasteiger charge is 2.23. The number of nitrogens with one attached hydrogen (secondary N) is 2. The van der Waals surface area contributed by atoms with Gasteiger partial charge in [0, 0.05) is 6.42 Å². The van der Waals surface area contributed by atoms with Crippen LogP contribution in [0.5, 0.6) is 0 Å². The number of carbonyl (C=O) groups is 2. The molecule has 0 aromatic heterocycles. The Labute approximate surface area is 108 Å². The third-order valence-corrected chi connectivity index (χ3v) is 3.21. The molecule has 0 aromatic carbocycles. The minimum atomic E-state index is -0.946. The smallest absolute Gasteiger partial charge is 0.326 e. The molecule has 0 aliphatic carbocycles. The molecule has 104 valence electrons. The maximum atomic E-state index is 11.8. The molecule has 1 fully saturated rings. The molecule has 0 aromatic rings. The Hall–Kier alpha value is -1.10. The minimum absolute atomic E-state index is 0.142. The lowest BCUT2D eigenvalue weighted by Crippen LogP contribution is -2.43. The minimum Gasteiger partial charge on any atom is -0.480 e. The van der Waals surface area contributed by atoms with Crippen LogP contribution in [0.1, 0.15) is 39.5 Å². The average Bonchev–Trinajstić information content (AvgIpc) is 2.28. The monoisotopic (exact) mass is 256 g/mol. The van der Waals surface area contributed by atoms with Gasteiger partial charge in [-0.05, 0) is 44.2 Å². The summed E-state index contributed by atoms with van der Waals surface area (Å²) in [5.74, 6) is -0.495. The zero-order chi connectivity index (χ0) is 13.5.